The number of phenolic OH excluding ortho intramolecular Hbond substituents is 1. The summed E-state index contributed by atoms with van der Waals surface area (Å²) in [6, 6.07) is 5.88. The van der Waals surface area contributed by atoms with Gasteiger partial charge in [0.1, 0.15) is 11.5 Å². The van der Waals surface area contributed by atoms with E-state index in [1.165, 1.54) is 11.1 Å². The van der Waals surface area contributed by atoms with Crippen molar-refractivity contribution in [3.05, 3.63) is 29.3 Å². The largest absolute Gasteiger partial charge is 0.508 e. The second-order valence-electron chi connectivity index (χ2n) is 4.77. The lowest BCUT2D eigenvalue weighted by Crippen LogP contribution is -2.40. The molecule has 1 aliphatic carbocycles. The lowest BCUT2D eigenvalue weighted by atomic mass is 9.74. The number of Topliss-reactive ketones (excluding diaryl/α,β-unsaturated/α-hetero) is 1. The minimum atomic E-state index is 0.307. The number of rotatable bonds is 1. The highest BCUT2D eigenvalue weighted by Gasteiger charge is 2.36. The van der Waals surface area contributed by atoms with Gasteiger partial charge >= 0.3 is 0 Å². The molecule has 0 bridgehead atoms. The van der Waals surface area contributed by atoms with Crippen molar-refractivity contribution in [1.82, 2.24) is 5.32 Å². The third kappa shape index (κ3) is 1.52. The number of hydrogen-bond acceptors (Lipinski definition) is 3. The van der Waals surface area contributed by atoms with Crippen LogP contribution in [0, 0.1) is 5.92 Å². The van der Waals surface area contributed by atoms with Gasteiger partial charge in [-0.1, -0.05) is 6.07 Å². The van der Waals surface area contributed by atoms with Crippen molar-refractivity contribution in [3.8, 4) is 5.75 Å². The maximum Gasteiger partial charge on any atom is 0.133 e. The Bertz CT molecular complexity index is 434. The van der Waals surface area contributed by atoms with Gasteiger partial charge in [0.15, 0.2) is 0 Å². The topological polar surface area (TPSA) is 49.3 Å². The van der Waals surface area contributed by atoms with Crippen molar-refractivity contribution in [2.45, 2.75) is 25.3 Å². The van der Waals surface area contributed by atoms with E-state index in [1.54, 1.807) is 6.07 Å². The molecule has 3 rings (SSSR count). The van der Waals surface area contributed by atoms with Crippen molar-refractivity contribution in [2.24, 2.45) is 5.92 Å². The Morgan fingerprint density at radius 3 is 2.88 bits per heavy atom. The Labute approximate surface area is 94.5 Å². The fourth-order valence-corrected chi connectivity index (χ4v) is 2.77. The van der Waals surface area contributed by atoms with Gasteiger partial charge in [0.2, 0.25) is 0 Å². The summed E-state index contributed by atoms with van der Waals surface area (Å²) in [5, 5.41) is 12.9. The van der Waals surface area contributed by atoms with E-state index in [1.807, 2.05) is 12.1 Å². The average molecular weight is 217 g/mol. The first-order valence-electron chi connectivity index (χ1n) is 5.81. The maximum absolute atomic E-state index is 11.1. The van der Waals surface area contributed by atoms with E-state index in [4.69, 9.17) is 0 Å². The van der Waals surface area contributed by atoms with Gasteiger partial charge in [-0.25, -0.2) is 0 Å². The summed E-state index contributed by atoms with van der Waals surface area (Å²) in [5.41, 5.74) is 2.49. The standard InChI is InChI=1S/C13H15NO2/c15-10-1-2-12-8(5-10)3-4-14-13(12)9-6-11(16)7-9/h1-2,5,9,13-15H,3-4,6-7H2. The third-order valence-electron chi connectivity index (χ3n) is 3.67. The van der Waals surface area contributed by atoms with Crippen LogP contribution in [-0.4, -0.2) is 17.4 Å². The molecule has 1 saturated carbocycles. The number of aromatic hydroxyl groups is 1. The van der Waals surface area contributed by atoms with Crippen LogP contribution in [0.2, 0.25) is 0 Å². The number of carbonyl (C=O) groups is 1. The minimum absolute atomic E-state index is 0.307. The molecule has 0 amide bonds. The summed E-state index contributed by atoms with van der Waals surface area (Å²) >= 11 is 0. The van der Waals surface area contributed by atoms with Gasteiger partial charge in [-0.3, -0.25) is 4.79 Å². The van der Waals surface area contributed by atoms with Crippen LogP contribution in [0.4, 0.5) is 0 Å². The Morgan fingerprint density at radius 2 is 2.12 bits per heavy atom. The molecule has 0 radical (unpaired) electrons. The normalized spacial score (nSPS) is 25.0. The number of carbonyl (C=O) groups excluding carboxylic acids is 1. The second-order valence-corrected chi connectivity index (χ2v) is 4.77. The van der Waals surface area contributed by atoms with Crippen LogP contribution in [-0.2, 0) is 11.2 Å². The van der Waals surface area contributed by atoms with Crippen LogP contribution < -0.4 is 5.32 Å². The predicted molar refractivity (Wildman–Crippen MR) is 60.3 cm³/mol. The predicted octanol–water partition coefficient (Wildman–Crippen LogP) is 1.56. The van der Waals surface area contributed by atoms with Gasteiger partial charge < -0.3 is 10.4 Å². The fourth-order valence-electron chi connectivity index (χ4n) is 2.77. The van der Waals surface area contributed by atoms with Crippen LogP contribution in [0.1, 0.15) is 30.0 Å². The number of ketones is 1. The number of benzene rings is 1. The summed E-state index contributed by atoms with van der Waals surface area (Å²) in [5.74, 6) is 1.16. The van der Waals surface area contributed by atoms with E-state index in [-0.39, 0.29) is 0 Å². The van der Waals surface area contributed by atoms with Gasteiger partial charge in [0.25, 0.3) is 0 Å². The Hall–Kier alpha value is -1.35. The molecular formula is C13H15NO2. The van der Waals surface area contributed by atoms with Crippen LogP contribution in [0.3, 0.4) is 0 Å². The zero-order valence-electron chi connectivity index (χ0n) is 9.07. The molecule has 2 aliphatic rings. The molecule has 16 heavy (non-hydrogen) atoms. The van der Waals surface area contributed by atoms with E-state index in [0.717, 1.165) is 13.0 Å². The minimum Gasteiger partial charge on any atom is -0.508 e. The van der Waals surface area contributed by atoms with Gasteiger partial charge in [0.05, 0.1) is 0 Å². The maximum atomic E-state index is 11.1. The molecule has 0 saturated heterocycles. The van der Waals surface area contributed by atoms with E-state index < -0.39 is 0 Å². The number of phenols is 1. The first-order chi connectivity index (χ1) is 7.74. The summed E-state index contributed by atoms with van der Waals surface area (Å²) in [6.45, 7) is 0.936. The summed E-state index contributed by atoms with van der Waals surface area (Å²) in [4.78, 5) is 11.1. The van der Waals surface area contributed by atoms with E-state index in [9.17, 15) is 9.90 Å². The van der Waals surface area contributed by atoms with Crippen LogP contribution in [0.25, 0.3) is 0 Å². The Balaban J connectivity index is 1.91. The molecule has 84 valence electrons. The molecule has 1 atom stereocenters. The van der Waals surface area contributed by atoms with Gasteiger partial charge in [-0.15, -0.1) is 0 Å². The SMILES string of the molecule is O=C1CC(C2NCCc3cc(O)ccc32)C1. The van der Waals surface area contributed by atoms with E-state index in [0.29, 0.717) is 36.3 Å². The van der Waals surface area contributed by atoms with Crippen molar-refractivity contribution >= 4 is 5.78 Å². The van der Waals surface area contributed by atoms with E-state index in [2.05, 4.69) is 5.32 Å². The molecule has 1 unspecified atom stereocenters. The first kappa shape index (κ1) is 9.85. The highest BCUT2D eigenvalue weighted by atomic mass is 16.3. The van der Waals surface area contributed by atoms with Crippen molar-refractivity contribution in [2.75, 3.05) is 6.54 Å². The number of hydrogen-bond donors (Lipinski definition) is 2. The van der Waals surface area contributed by atoms with Crippen molar-refractivity contribution in [1.29, 1.82) is 0 Å². The first-order valence-corrected chi connectivity index (χ1v) is 5.81. The average Bonchev–Trinajstić information content (AvgIpc) is 2.24. The highest BCUT2D eigenvalue weighted by molar-refractivity contribution is 5.84. The van der Waals surface area contributed by atoms with Crippen LogP contribution >= 0.6 is 0 Å². The molecule has 1 fully saturated rings. The smallest absolute Gasteiger partial charge is 0.133 e. The number of fused-ring (bicyclic) bond motifs is 1. The molecule has 2 N–H and O–H groups in total. The zero-order chi connectivity index (χ0) is 11.1. The highest BCUT2D eigenvalue weighted by Crippen LogP contribution is 2.39. The lowest BCUT2D eigenvalue weighted by Gasteiger charge is -2.37. The molecule has 1 aliphatic heterocycles. The molecule has 0 spiro atoms. The molecule has 1 aromatic rings. The monoisotopic (exact) mass is 217 g/mol. The molecule has 0 aromatic heterocycles. The van der Waals surface area contributed by atoms with Gasteiger partial charge in [-0.2, -0.15) is 0 Å². The molecular weight excluding hydrogens is 202 g/mol. The fraction of sp³-hybridized carbons (Fsp3) is 0.462. The molecule has 1 aromatic carbocycles. The Kier molecular flexibility index (Phi) is 2.21. The number of nitrogens with one attached hydrogen (secondary N) is 1. The van der Waals surface area contributed by atoms with Crippen molar-refractivity contribution in [3.63, 3.8) is 0 Å². The van der Waals surface area contributed by atoms with E-state index >= 15 is 0 Å². The summed E-state index contributed by atoms with van der Waals surface area (Å²) in [7, 11) is 0. The molecule has 1 heterocycles. The zero-order valence-corrected chi connectivity index (χ0v) is 9.07. The quantitative estimate of drug-likeness (QED) is 0.750. The second kappa shape index (κ2) is 3.59. The van der Waals surface area contributed by atoms with Gasteiger partial charge in [-0.05, 0) is 42.1 Å². The Morgan fingerprint density at radius 1 is 1.31 bits per heavy atom. The lowest BCUT2D eigenvalue weighted by molar-refractivity contribution is -0.127. The molecule has 3 nitrogen and oxygen atoms in total. The van der Waals surface area contributed by atoms with Crippen molar-refractivity contribution < 1.29 is 9.90 Å². The van der Waals surface area contributed by atoms with Gasteiger partial charge in [0, 0.05) is 18.9 Å². The molecule has 3 heteroatoms. The van der Waals surface area contributed by atoms with Crippen LogP contribution in [0.5, 0.6) is 5.75 Å². The third-order valence-corrected chi connectivity index (χ3v) is 3.67. The summed E-state index contributed by atoms with van der Waals surface area (Å²) in [6.07, 6.45) is 2.37. The summed E-state index contributed by atoms with van der Waals surface area (Å²) < 4.78 is 0. The van der Waals surface area contributed by atoms with Crippen LogP contribution in [0.15, 0.2) is 18.2 Å².